The summed E-state index contributed by atoms with van der Waals surface area (Å²) < 4.78 is 11.6. The van der Waals surface area contributed by atoms with E-state index < -0.39 is 0 Å². The molecule has 3 nitrogen and oxygen atoms in total. The van der Waals surface area contributed by atoms with E-state index in [-0.39, 0.29) is 0 Å². The highest BCUT2D eigenvalue weighted by molar-refractivity contribution is 7.26. The molecule has 0 saturated carbocycles. The van der Waals surface area contributed by atoms with E-state index >= 15 is 0 Å². The Morgan fingerprint density at radius 3 is 2.09 bits per heavy atom. The highest BCUT2D eigenvalue weighted by Gasteiger charge is 2.22. The second-order valence-corrected chi connectivity index (χ2v) is 12.4. The fourth-order valence-electron chi connectivity index (χ4n) is 6.85. The quantitative estimate of drug-likeness (QED) is 0.208. The Morgan fingerprint density at radius 1 is 0.628 bits per heavy atom. The molecule has 3 heterocycles. The molecule has 43 heavy (non-hydrogen) atoms. The van der Waals surface area contributed by atoms with Gasteiger partial charge in [0.25, 0.3) is 0 Å². The smallest absolute Gasteiger partial charge is 0.159 e. The van der Waals surface area contributed by atoms with Crippen LogP contribution in [0.2, 0.25) is 0 Å². The Morgan fingerprint density at radius 2 is 1.33 bits per heavy atom. The van der Waals surface area contributed by atoms with Crippen molar-refractivity contribution in [2.45, 2.75) is 13.8 Å². The van der Waals surface area contributed by atoms with E-state index in [0.717, 1.165) is 44.2 Å². The van der Waals surface area contributed by atoms with E-state index in [9.17, 15) is 5.26 Å². The number of nitriles is 1. The SMILES string of the molecule is Cc1ccc2c(c1)c1cc(C)ccc1n2-c1cccc2c1oc1c(C#N)ccc(-c3cccc4c3sc3ccccc34)c12. The lowest BCUT2D eigenvalue weighted by molar-refractivity contribution is 0.665. The number of aryl methyl sites for hydroxylation is 2. The van der Waals surface area contributed by atoms with Gasteiger partial charge in [-0.15, -0.1) is 11.3 Å². The molecule has 0 fully saturated rings. The third-order valence-corrected chi connectivity index (χ3v) is 9.98. The van der Waals surface area contributed by atoms with E-state index in [4.69, 9.17) is 4.42 Å². The van der Waals surface area contributed by atoms with Crippen molar-refractivity contribution in [1.82, 2.24) is 4.57 Å². The average molecular weight is 569 g/mol. The average Bonchev–Trinajstić information content (AvgIpc) is 3.70. The Bertz CT molecular complexity index is 2600. The van der Waals surface area contributed by atoms with Crippen LogP contribution in [0.5, 0.6) is 0 Å². The third-order valence-electron chi connectivity index (χ3n) is 8.76. The van der Waals surface area contributed by atoms with E-state index in [1.54, 1.807) is 0 Å². The molecule has 0 aliphatic carbocycles. The first-order chi connectivity index (χ1) is 21.1. The predicted octanol–water partition coefficient (Wildman–Crippen LogP) is 11.2. The van der Waals surface area contributed by atoms with Crippen LogP contribution in [0.4, 0.5) is 0 Å². The zero-order valence-corrected chi connectivity index (χ0v) is 24.4. The van der Waals surface area contributed by atoms with Crippen LogP contribution in [0, 0.1) is 25.2 Å². The Balaban J connectivity index is 1.41. The minimum Gasteiger partial charge on any atom is -0.452 e. The van der Waals surface area contributed by atoms with Crippen LogP contribution in [0.25, 0.3) is 80.7 Å². The van der Waals surface area contributed by atoms with Gasteiger partial charge in [-0.25, -0.2) is 0 Å². The van der Waals surface area contributed by atoms with Gasteiger partial charge in [-0.2, -0.15) is 5.26 Å². The largest absolute Gasteiger partial charge is 0.452 e. The summed E-state index contributed by atoms with van der Waals surface area (Å²) in [7, 11) is 0. The van der Waals surface area contributed by atoms with Crippen LogP contribution in [-0.2, 0) is 0 Å². The first-order valence-electron chi connectivity index (χ1n) is 14.4. The van der Waals surface area contributed by atoms with Gasteiger partial charge in [0.15, 0.2) is 11.2 Å². The monoisotopic (exact) mass is 568 g/mol. The van der Waals surface area contributed by atoms with Crippen molar-refractivity contribution in [2.24, 2.45) is 0 Å². The number of nitrogens with zero attached hydrogens (tertiary/aromatic N) is 2. The molecule has 3 aromatic heterocycles. The van der Waals surface area contributed by atoms with E-state index in [0.29, 0.717) is 11.1 Å². The maximum absolute atomic E-state index is 10.2. The minimum absolute atomic E-state index is 0.540. The molecule has 0 spiro atoms. The van der Waals surface area contributed by atoms with E-state index in [1.807, 2.05) is 17.4 Å². The predicted molar refractivity (Wildman–Crippen MR) is 181 cm³/mol. The number of furan rings is 1. The van der Waals surface area contributed by atoms with Crippen molar-refractivity contribution in [1.29, 1.82) is 5.26 Å². The Labute approximate surface area is 251 Å². The summed E-state index contributed by atoms with van der Waals surface area (Å²) in [5.41, 5.74) is 9.89. The molecular weight excluding hydrogens is 545 g/mol. The van der Waals surface area contributed by atoms with Crippen LogP contribution in [-0.4, -0.2) is 4.57 Å². The maximum Gasteiger partial charge on any atom is 0.159 e. The lowest BCUT2D eigenvalue weighted by Gasteiger charge is -2.09. The van der Waals surface area contributed by atoms with Crippen LogP contribution >= 0.6 is 11.3 Å². The summed E-state index contributed by atoms with van der Waals surface area (Å²) in [5, 5.41) is 17.1. The summed E-state index contributed by atoms with van der Waals surface area (Å²) in [6.45, 7) is 4.28. The topological polar surface area (TPSA) is 41.9 Å². The number of para-hydroxylation sites is 1. The first-order valence-corrected chi connectivity index (χ1v) is 15.2. The lowest BCUT2D eigenvalue weighted by Crippen LogP contribution is -1.94. The van der Waals surface area contributed by atoms with Crippen LogP contribution in [0.3, 0.4) is 0 Å². The van der Waals surface area contributed by atoms with Crippen LogP contribution in [0.1, 0.15) is 16.7 Å². The highest BCUT2D eigenvalue weighted by Crippen LogP contribution is 2.46. The van der Waals surface area contributed by atoms with Crippen molar-refractivity contribution in [3.8, 4) is 22.9 Å². The Kier molecular flexibility index (Phi) is 4.97. The molecule has 9 aromatic rings. The standard InChI is InChI=1S/C39H24N2OS/c1-22-13-17-32-30(19-22)31-20-23(2)14-18-33(31)41(32)34-11-6-10-29-36-26(16-15-24(21-40)37(36)42-38(29)34)28-9-5-8-27-25-7-3-4-12-35(25)43-39(27)28/h3-20H,1-2H3. The second-order valence-electron chi connectivity index (χ2n) is 11.4. The fraction of sp³-hybridized carbons (Fsp3) is 0.0513. The van der Waals surface area contributed by atoms with Gasteiger partial charge in [0, 0.05) is 47.3 Å². The summed E-state index contributed by atoms with van der Waals surface area (Å²) in [6.07, 6.45) is 0. The van der Waals surface area contributed by atoms with Gasteiger partial charge >= 0.3 is 0 Å². The van der Waals surface area contributed by atoms with Crippen molar-refractivity contribution in [3.63, 3.8) is 0 Å². The zero-order valence-electron chi connectivity index (χ0n) is 23.6. The van der Waals surface area contributed by atoms with Gasteiger partial charge in [-0.1, -0.05) is 77.9 Å². The van der Waals surface area contributed by atoms with E-state index in [2.05, 4.69) is 128 Å². The molecule has 0 unspecified atom stereocenters. The van der Waals surface area contributed by atoms with Gasteiger partial charge < -0.3 is 8.98 Å². The molecule has 0 aliphatic heterocycles. The first kappa shape index (κ1) is 24.2. The summed E-state index contributed by atoms with van der Waals surface area (Å²) in [4.78, 5) is 0. The van der Waals surface area contributed by atoms with Gasteiger partial charge in [-0.3, -0.25) is 0 Å². The van der Waals surface area contributed by atoms with Crippen molar-refractivity contribution in [2.75, 3.05) is 0 Å². The number of rotatable bonds is 2. The molecule has 0 saturated heterocycles. The molecular formula is C39H24N2OS. The molecule has 4 heteroatoms. The number of thiophene rings is 1. The maximum atomic E-state index is 10.2. The van der Waals surface area contributed by atoms with Crippen LogP contribution in [0.15, 0.2) is 114 Å². The fourth-order valence-corrected chi connectivity index (χ4v) is 8.08. The van der Waals surface area contributed by atoms with Crippen molar-refractivity contribution < 1.29 is 4.42 Å². The van der Waals surface area contributed by atoms with Crippen LogP contribution < -0.4 is 0 Å². The summed E-state index contributed by atoms with van der Waals surface area (Å²) >= 11 is 1.82. The Hall–Kier alpha value is -5.37. The highest BCUT2D eigenvalue weighted by atomic mass is 32.1. The number of hydrogen-bond acceptors (Lipinski definition) is 3. The molecule has 202 valence electrons. The second kappa shape index (κ2) is 8.82. The van der Waals surface area contributed by atoms with Gasteiger partial charge in [0.05, 0.1) is 22.3 Å². The molecule has 0 atom stereocenters. The van der Waals surface area contributed by atoms with Gasteiger partial charge in [0.2, 0.25) is 0 Å². The van der Waals surface area contributed by atoms with Crippen molar-refractivity contribution >= 4 is 75.3 Å². The summed E-state index contributed by atoms with van der Waals surface area (Å²) in [5.74, 6) is 0. The molecule has 0 aliphatic rings. The number of benzene rings is 6. The molecule has 0 bridgehead atoms. The third kappa shape index (κ3) is 3.34. The van der Waals surface area contributed by atoms with Gasteiger partial charge in [-0.05, 0) is 61.9 Å². The zero-order chi connectivity index (χ0) is 28.8. The van der Waals surface area contributed by atoms with E-state index in [1.165, 1.54) is 42.1 Å². The molecule has 9 rings (SSSR count). The molecule has 6 aromatic carbocycles. The number of hydrogen-bond donors (Lipinski definition) is 0. The number of aromatic nitrogens is 1. The number of fused-ring (bicyclic) bond motifs is 9. The normalized spacial score (nSPS) is 11.9. The minimum atomic E-state index is 0.540. The van der Waals surface area contributed by atoms with Gasteiger partial charge in [0.1, 0.15) is 6.07 Å². The summed E-state index contributed by atoms with van der Waals surface area (Å²) in [6, 6.07) is 41.1. The molecule has 0 amide bonds. The molecule has 0 radical (unpaired) electrons. The van der Waals surface area contributed by atoms with Crippen molar-refractivity contribution in [3.05, 3.63) is 126 Å². The lowest BCUT2D eigenvalue weighted by atomic mass is 9.96. The molecule has 0 N–H and O–H groups in total.